The van der Waals surface area contributed by atoms with E-state index in [4.69, 9.17) is 11.6 Å². The maximum absolute atomic E-state index is 13.0. The summed E-state index contributed by atoms with van der Waals surface area (Å²) in [6.45, 7) is 3.34. The number of carbonyl (C=O) groups excluding carboxylic acids is 1. The van der Waals surface area contributed by atoms with Crippen LogP contribution in [0.5, 0.6) is 0 Å². The summed E-state index contributed by atoms with van der Waals surface area (Å²) in [6, 6.07) is 11.3. The molecule has 2 aromatic carbocycles. The number of hydrogen-bond acceptors (Lipinski definition) is 4. The maximum Gasteiger partial charge on any atom is 0.238 e. The lowest BCUT2D eigenvalue weighted by Gasteiger charge is -2.28. The number of carbonyl (C=O) groups is 1. The Balaban J connectivity index is 1.52. The molecule has 0 bridgehead atoms. The first-order chi connectivity index (χ1) is 14.0. The van der Waals surface area contributed by atoms with Gasteiger partial charge in [0.2, 0.25) is 5.91 Å². The molecule has 4 rings (SSSR count). The topological polar surface area (TPSA) is 65.2 Å². The summed E-state index contributed by atoms with van der Waals surface area (Å²) in [4.78, 5) is 32.1. The largest absolute Gasteiger partial charge is 0.358 e. The van der Waals surface area contributed by atoms with Crippen molar-refractivity contribution in [1.29, 1.82) is 0 Å². The molecular weight excluding hydrogens is 406 g/mol. The van der Waals surface area contributed by atoms with Crippen LogP contribution in [-0.2, 0) is 17.8 Å². The van der Waals surface area contributed by atoms with Gasteiger partial charge in [-0.2, -0.15) is 0 Å². The molecule has 0 saturated carbocycles. The Hall–Kier alpha value is -2.28. The fourth-order valence-corrected chi connectivity index (χ4v) is 4.37. The molecule has 2 N–H and O–H groups in total. The third-order valence-electron chi connectivity index (χ3n) is 5.34. The van der Waals surface area contributed by atoms with Crippen molar-refractivity contribution in [3.05, 3.63) is 68.5 Å². The van der Waals surface area contributed by atoms with Gasteiger partial charge in [-0.25, -0.2) is 0 Å². The van der Waals surface area contributed by atoms with Gasteiger partial charge in [0, 0.05) is 51.8 Å². The number of hydrogen-bond donors (Lipinski definition) is 2. The Labute approximate surface area is 178 Å². The van der Waals surface area contributed by atoms with Crippen molar-refractivity contribution >= 4 is 45.9 Å². The van der Waals surface area contributed by atoms with E-state index >= 15 is 0 Å². The summed E-state index contributed by atoms with van der Waals surface area (Å²) >= 11 is 7.85. The Bertz CT molecular complexity index is 1160. The van der Waals surface area contributed by atoms with Gasteiger partial charge in [0.25, 0.3) is 0 Å². The van der Waals surface area contributed by atoms with Crippen LogP contribution < -0.4 is 10.7 Å². The number of aromatic amines is 1. The number of thioether (sulfide) groups is 1. The van der Waals surface area contributed by atoms with Gasteiger partial charge < -0.3 is 10.3 Å². The van der Waals surface area contributed by atoms with Crippen molar-refractivity contribution in [3.63, 3.8) is 0 Å². The predicted molar refractivity (Wildman–Crippen MR) is 120 cm³/mol. The second-order valence-corrected chi connectivity index (χ2v) is 8.53. The van der Waals surface area contributed by atoms with E-state index < -0.39 is 0 Å². The molecule has 29 heavy (non-hydrogen) atoms. The van der Waals surface area contributed by atoms with Crippen LogP contribution in [0.2, 0.25) is 5.02 Å². The summed E-state index contributed by atoms with van der Waals surface area (Å²) in [5, 5.41) is 4.24. The van der Waals surface area contributed by atoms with Crippen LogP contribution in [0.25, 0.3) is 10.9 Å². The van der Waals surface area contributed by atoms with Crippen LogP contribution in [-0.4, -0.2) is 35.1 Å². The van der Waals surface area contributed by atoms with Crippen LogP contribution in [0, 0.1) is 6.92 Å². The third kappa shape index (κ3) is 4.06. The predicted octanol–water partition coefficient (Wildman–Crippen LogP) is 4.21. The second kappa shape index (κ2) is 8.22. The Morgan fingerprint density at radius 3 is 2.93 bits per heavy atom. The molecule has 7 heteroatoms. The van der Waals surface area contributed by atoms with Crippen LogP contribution in [0.4, 0.5) is 5.69 Å². The quantitative estimate of drug-likeness (QED) is 0.612. The number of amides is 1. The molecule has 0 saturated heterocycles. The van der Waals surface area contributed by atoms with Gasteiger partial charge in [-0.15, -0.1) is 11.8 Å². The summed E-state index contributed by atoms with van der Waals surface area (Å²) in [5.74, 6) is -0.0773. The molecule has 2 heterocycles. The summed E-state index contributed by atoms with van der Waals surface area (Å²) in [7, 11) is 0. The number of pyridine rings is 1. The normalized spacial score (nSPS) is 14.0. The van der Waals surface area contributed by atoms with Gasteiger partial charge in [0.1, 0.15) is 0 Å². The minimum Gasteiger partial charge on any atom is -0.358 e. The lowest BCUT2D eigenvalue weighted by atomic mass is 10.0. The second-order valence-electron chi connectivity index (χ2n) is 7.25. The molecule has 1 aliphatic rings. The van der Waals surface area contributed by atoms with Gasteiger partial charge >= 0.3 is 0 Å². The van der Waals surface area contributed by atoms with E-state index in [2.05, 4.69) is 10.3 Å². The van der Waals surface area contributed by atoms with E-state index in [1.165, 1.54) is 0 Å². The third-order valence-corrected chi connectivity index (χ3v) is 6.47. The molecule has 0 fully saturated rings. The molecule has 0 unspecified atom stereocenters. The zero-order chi connectivity index (χ0) is 20.5. The van der Waals surface area contributed by atoms with Gasteiger partial charge in [-0.3, -0.25) is 14.5 Å². The van der Waals surface area contributed by atoms with Crippen molar-refractivity contribution in [1.82, 2.24) is 9.88 Å². The van der Waals surface area contributed by atoms with Crippen molar-refractivity contribution in [2.45, 2.75) is 24.8 Å². The van der Waals surface area contributed by atoms with E-state index in [1.54, 1.807) is 23.9 Å². The van der Waals surface area contributed by atoms with Gasteiger partial charge in [-0.05, 0) is 49.1 Å². The van der Waals surface area contributed by atoms with E-state index in [9.17, 15) is 9.59 Å². The molecule has 0 radical (unpaired) electrons. The fraction of sp³-hybridized carbons (Fsp3) is 0.273. The van der Waals surface area contributed by atoms with Gasteiger partial charge in [0.05, 0.1) is 12.1 Å². The lowest BCUT2D eigenvalue weighted by molar-refractivity contribution is -0.117. The first kappa shape index (κ1) is 20.0. The number of nitrogens with zero attached hydrogens (tertiary/aromatic N) is 1. The zero-order valence-electron chi connectivity index (χ0n) is 16.3. The summed E-state index contributed by atoms with van der Waals surface area (Å²) < 4.78 is 0. The standard InChI is InChI=1S/C22H22ClN3O2S/c1-13-18(23)7-6-16-21(13)25-19-8-9-26(11-17(19)22(16)28)12-20(27)24-14-4-3-5-15(10-14)29-2/h3-7,10H,8-9,11-12H2,1-2H3,(H,24,27)(H,25,28). The Kier molecular flexibility index (Phi) is 5.67. The van der Waals surface area contributed by atoms with E-state index in [1.807, 2.05) is 42.3 Å². The molecule has 1 aliphatic heterocycles. The van der Waals surface area contributed by atoms with Crippen LogP contribution in [0.3, 0.4) is 0 Å². The molecule has 0 atom stereocenters. The Morgan fingerprint density at radius 2 is 2.14 bits per heavy atom. The van der Waals surface area contributed by atoms with E-state index in [0.29, 0.717) is 29.9 Å². The molecule has 1 aromatic heterocycles. The molecule has 5 nitrogen and oxygen atoms in total. The number of H-pyrrole nitrogens is 1. The monoisotopic (exact) mass is 427 g/mol. The number of anilines is 1. The van der Waals surface area contributed by atoms with E-state index in [-0.39, 0.29) is 17.9 Å². The number of halogens is 1. The van der Waals surface area contributed by atoms with Crippen molar-refractivity contribution in [2.24, 2.45) is 0 Å². The van der Waals surface area contributed by atoms with E-state index in [0.717, 1.165) is 32.9 Å². The highest BCUT2D eigenvalue weighted by atomic mass is 35.5. The van der Waals surface area contributed by atoms with Crippen molar-refractivity contribution < 1.29 is 4.79 Å². The zero-order valence-corrected chi connectivity index (χ0v) is 17.9. The minimum absolute atomic E-state index is 0.0197. The van der Waals surface area contributed by atoms with Crippen molar-refractivity contribution in [3.8, 4) is 0 Å². The van der Waals surface area contributed by atoms with Gasteiger partial charge in [0.15, 0.2) is 5.43 Å². The number of fused-ring (bicyclic) bond motifs is 2. The first-order valence-corrected chi connectivity index (χ1v) is 11.1. The smallest absolute Gasteiger partial charge is 0.238 e. The van der Waals surface area contributed by atoms with Crippen LogP contribution in [0.15, 0.2) is 46.1 Å². The highest BCUT2D eigenvalue weighted by Crippen LogP contribution is 2.25. The van der Waals surface area contributed by atoms with Crippen LogP contribution in [0.1, 0.15) is 16.8 Å². The molecule has 1 amide bonds. The SMILES string of the molecule is CSc1cccc(NC(=O)CN2CCc3[nH]c4c(C)c(Cl)ccc4c(=O)c3C2)c1. The van der Waals surface area contributed by atoms with Crippen LogP contribution >= 0.6 is 23.4 Å². The fourth-order valence-electron chi connectivity index (χ4n) is 3.76. The number of benzene rings is 2. The number of rotatable bonds is 4. The van der Waals surface area contributed by atoms with Gasteiger partial charge in [-0.1, -0.05) is 17.7 Å². The lowest BCUT2D eigenvalue weighted by Crippen LogP contribution is -2.39. The number of aromatic nitrogens is 1. The number of aryl methyl sites for hydroxylation is 1. The highest BCUT2D eigenvalue weighted by molar-refractivity contribution is 7.98. The molecule has 3 aromatic rings. The first-order valence-electron chi connectivity index (χ1n) is 9.45. The molecule has 0 spiro atoms. The average molecular weight is 428 g/mol. The molecule has 150 valence electrons. The maximum atomic E-state index is 13.0. The molecular formula is C22H22ClN3O2S. The molecule has 0 aliphatic carbocycles. The minimum atomic E-state index is -0.0773. The average Bonchev–Trinajstić information content (AvgIpc) is 2.71. The Morgan fingerprint density at radius 1 is 1.31 bits per heavy atom. The summed E-state index contributed by atoms with van der Waals surface area (Å²) in [5.41, 5.74) is 4.18. The van der Waals surface area contributed by atoms with Crippen molar-refractivity contribution in [2.75, 3.05) is 24.7 Å². The summed E-state index contributed by atoms with van der Waals surface area (Å²) in [6.07, 6.45) is 2.70. The number of nitrogens with one attached hydrogen (secondary N) is 2. The highest BCUT2D eigenvalue weighted by Gasteiger charge is 2.23.